The summed E-state index contributed by atoms with van der Waals surface area (Å²) in [5.74, 6) is 2.52. The fourth-order valence-electron chi connectivity index (χ4n) is 0.837. The average Bonchev–Trinajstić information content (AvgIpc) is 2.05. The maximum absolute atomic E-state index is 11.2. The summed E-state index contributed by atoms with van der Waals surface area (Å²) in [6, 6.07) is 0. The van der Waals surface area contributed by atoms with Gasteiger partial charge in [0, 0.05) is 13.5 Å². The van der Waals surface area contributed by atoms with E-state index in [1.54, 1.807) is 11.9 Å². The van der Waals surface area contributed by atoms with Crippen molar-refractivity contribution in [3.05, 3.63) is 0 Å². The van der Waals surface area contributed by atoms with Crippen LogP contribution in [0, 0.1) is 12.3 Å². The Morgan fingerprint density at radius 1 is 1.58 bits per heavy atom. The molecule has 0 spiro atoms. The number of carbonyl (C=O) groups is 1. The van der Waals surface area contributed by atoms with Crippen LogP contribution in [0.3, 0.4) is 0 Å². The zero-order chi connectivity index (χ0) is 9.40. The van der Waals surface area contributed by atoms with Gasteiger partial charge in [0.1, 0.15) is 0 Å². The minimum absolute atomic E-state index is 0.0985. The topological polar surface area (TPSA) is 46.3 Å². The van der Waals surface area contributed by atoms with Crippen molar-refractivity contribution in [2.45, 2.75) is 19.3 Å². The Kier molecular flexibility index (Phi) is 6.12. The molecule has 0 radical (unpaired) electrons. The molecule has 12 heavy (non-hydrogen) atoms. The van der Waals surface area contributed by atoms with E-state index < -0.39 is 0 Å². The molecule has 0 heterocycles. The Morgan fingerprint density at radius 2 is 2.25 bits per heavy atom. The molecule has 0 aromatic rings. The third kappa shape index (κ3) is 4.75. The van der Waals surface area contributed by atoms with Crippen molar-refractivity contribution in [3.63, 3.8) is 0 Å². The van der Waals surface area contributed by atoms with Crippen LogP contribution in [0.15, 0.2) is 0 Å². The molecule has 0 fully saturated rings. The van der Waals surface area contributed by atoms with E-state index in [4.69, 9.17) is 12.2 Å². The monoisotopic (exact) mass is 168 g/mol. The predicted molar refractivity (Wildman–Crippen MR) is 49.4 cm³/mol. The number of carbonyl (C=O) groups excluding carboxylic acids is 1. The molecule has 0 aromatic carbocycles. The van der Waals surface area contributed by atoms with Crippen molar-refractivity contribution < 1.29 is 4.79 Å². The van der Waals surface area contributed by atoms with Gasteiger partial charge < -0.3 is 10.6 Å². The molecule has 0 aliphatic rings. The molecule has 0 atom stereocenters. The summed E-state index contributed by atoms with van der Waals surface area (Å²) in [4.78, 5) is 12.7. The first-order valence-corrected chi connectivity index (χ1v) is 4.10. The Labute approximate surface area is 73.9 Å². The van der Waals surface area contributed by atoms with Gasteiger partial charge in [0.05, 0.1) is 6.54 Å². The van der Waals surface area contributed by atoms with Crippen LogP contribution in [-0.2, 0) is 4.79 Å². The van der Waals surface area contributed by atoms with Gasteiger partial charge in [-0.15, -0.1) is 6.42 Å². The maximum Gasteiger partial charge on any atom is 0.223 e. The van der Waals surface area contributed by atoms with Gasteiger partial charge in [0.15, 0.2) is 0 Å². The Balaban J connectivity index is 3.51. The smallest absolute Gasteiger partial charge is 0.223 e. The molecule has 0 aliphatic carbocycles. The summed E-state index contributed by atoms with van der Waals surface area (Å²) >= 11 is 0. The third-order valence-electron chi connectivity index (χ3n) is 1.60. The van der Waals surface area contributed by atoms with Gasteiger partial charge in [0.2, 0.25) is 5.91 Å². The summed E-state index contributed by atoms with van der Waals surface area (Å²) in [7, 11) is 1.71. The Bertz CT molecular complexity index is 172. The highest BCUT2D eigenvalue weighted by molar-refractivity contribution is 5.76. The molecule has 3 nitrogen and oxygen atoms in total. The molecule has 3 heteroatoms. The Morgan fingerprint density at radius 3 is 2.75 bits per heavy atom. The Hall–Kier alpha value is -1.01. The van der Waals surface area contributed by atoms with Gasteiger partial charge in [-0.2, -0.15) is 0 Å². The van der Waals surface area contributed by atoms with Crippen LogP contribution in [0.1, 0.15) is 19.3 Å². The van der Waals surface area contributed by atoms with Gasteiger partial charge >= 0.3 is 0 Å². The van der Waals surface area contributed by atoms with Crippen LogP contribution in [0.4, 0.5) is 0 Å². The molecule has 0 saturated heterocycles. The van der Waals surface area contributed by atoms with Gasteiger partial charge in [-0.3, -0.25) is 4.79 Å². The lowest BCUT2D eigenvalue weighted by molar-refractivity contribution is -0.129. The number of hydrogen-bond donors (Lipinski definition) is 1. The number of terminal acetylenes is 1. The zero-order valence-corrected chi connectivity index (χ0v) is 7.55. The number of nitrogens with zero attached hydrogens (tertiary/aromatic N) is 1. The van der Waals surface area contributed by atoms with Crippen molar-refractivity contribution >= 4 is 5.91 Å². The fourth-order valence-corrected chi connectivity index (χ4v) is 0.837. The highest BCUT2D eigenvalue weighted by atomic mass is 16.2. The van der Waals surface area contributed by atoms with E-state index in [1.165, 1.54) is 0 Å². The van der Waals surface area contributed by atoms with Crippen LogP contribution >= 0.6 is 0 Å². The molecule has 0 bridgehead atoms. The van der Waals surface area contributed by atoms with E-state index in [0.29, 0.717) is 19.5 Å². The summed E-state index contributed by atoms with van der Waals surface area (Å²) in [6.45, 7) is 1.04. The van der Waals surface area contributed by atoms with E-state index in [0.717, 1.165) is 12.8 Å². The van der Waals surface area contributed by atoms with Gasteiger partial charge in [-0.25, -0.2) is 0 Å². The lowest BCUT2D eigenvalue weighted by atomic mass is 10.2. The van der Waals surface area contributed by atoms with E-state index in [9.17, 15) is 4.79 Å². The van der Waals surface area contributed by atoms with Crippen molar-refractivity contribution in [2.24, 2.45) is 5.73 Å². The van der Waals surface area contributed by atoms with Crippen LogP contribution in [0.25, 0.3) is 0 Å². The third-order valence-corrected chi connectivity index (χ3v) is 1.60. The minimum Gasteiger partial charge on any atom is -0.335 e. The summed E-state index contributed by atoms with van der Waals surface area (Å²) in [5, 5.41) is 0. The quantitative estimate of drug-likeness (QED) is 0.471. The number of unbranched alkanes of at least 4 members (excludes halogenated alkanes) is 1. The lowest BCUT2D eigenvalue weighted by Gasteiger charge is -2.12. The van der Waals surface area contributed by atoms with Gasteiger partial charge in [0.25, 0.3) is 0 Å². The van der Waals surface area contributed by atoms with E-state index in [1.807, 2.05) is 0 Å². The van der Waals surface area contributed by atoms with Crippen molar-refractivity contribution in [1.29, 1.82) is 0 Å². The second-order valence-electron chi connectivity index (χ2n) is 2.70. The molecule has 68 valence electrons. The number of rotatable bonds is 5. The minimum atomic E-state index is 0.0985. The zero-order valence-electron chi connectivity index (χ0n) is 7.55. The first-order chi connectivity index (χ1) is 5.72. The standard InChI is InChI=1S/C9H16N2O/c1-3-8-11(2)9(12)6-4-5-7-10/h1H,4-8,10H2,2H3. The molecule has 0 rings (SSSR count). The number of nitrogens with two attached hydrogens (primary N) is 1. The van der Waals surface area contributed by atoms with E-state index >= 15 is 0 Å². The first kappa shape index (κ1) is 11.0. The molecular weight excluding hydrogens is 152 g/mol. The fraction of sp³-hybridized carbons (Fsp3) is 0.667. The molecule has 0 aliphatic heterocycles. The predicted octanol–water partition coefficient (Wildman–Crippen LogP) is 0.207. The summed E-state index contributed by atoms with van der Waals surface area (Å²) in [5.41, 5.74) is 5.29. The van der Waals surface area contributed by atoms with Crippen LogP contribution in [0.2, 0.25) is 0 Å². The molecule has 2 N–H and O–H groups in total. The number of hydrogen-bond acceptors (Lipinski definition) is 2. The van der Waals surface area contributed by atoms with Crippen molar-refractivity contribution in [1.82, 2.24) is 4.90 Å². The maximum atomic E-state index is 11.2. The normalized spacial score (nSPS) is 9.08. The highest BCUT2D eigenvalue weighted by Crippen LogP contribution is 1.97. The second kappa shape index (κ2) is 6.68. The molecular formula is C9H16N2O. The van der Waals surface area contributed by atoms with Gasteiger partial charge in [-0.1, -0.05) is 5.92 Å². The first-order valence-electron chi connectivity index (χ1n) is 4.10. The summed E-state index contributed by atoms with van der Waals surface area (Å²) < 4.78 is 0. The van der Waals surface area contributed by atoms with Crippen LogP contribution in [0.5, 0.6) is 0 Å². The lowest BCUT2D eigenvalue weighted by Crippen LogP contribution is -2.26. The summed E-state index contributed by atoms with van der Waals surface area (Å²) in [6.07, 6.45) is 7.36. The molecule has 1 amide bonds. The number of amides is 1. The largest absolute Gasteiger partial charge is 0.335 e. The molecule has 0 saturated carbocycles. The average molecular weight is 168 g/mol. The van der Waals surface area contributed by atoms with E-state index in [-0.39, 0.29) is 5.91 Å². The second-order valence-corrected chi connectivity index (χ2v) is 2.70. The SMILES string of the molecule is C#CCN(C)C(=O)CCCCN. The van der Waals surface area contributed by atoms with Gasteiger partial charge in [-0.05, 0) is 19.4 Å². The van der Waals surface area contributed by atoms with Crippen molar-refractivity contribution in [2.75, 3.05) is 20.1 Å². The van der Waals surface area contributed by atoms with E-state index in [2.05, 4.69) is 5.92 Å². The highest BCUT2D eigenvalue weighted by Gasteiger charge is 2.05. The molecule has 0 aromatic heterocycles. The van der Waals surface area contributed by atoms with Crippen LogP contribution in [-0.4, -0.2) is 30.9 Å². The molecule has 0 unspecified atom stereocenters. The van der Waals surface area contributed by atoms with Crippen LogP contribution < -0.4 is 5.73 Å². The van der Waals surface area contributed by atoms with Crippen molar-refractivity contribution in [3.8, 4) is 12.3 Å².